The van der Waals surface area contributed by atoms with Gasteiger partial charge in [-0.15, -0.1) is 0 Å². The topological polar surface area (TPSA) is 76.4 Å². The van der Waals surface area contributed by atoms with E-state index in [4.69, 9.17) is 4.98 Å². The molecule has 0 atom stereocenters. The van der Waals surface area contributed by atoms with Crippen LogP contribution in [0.4, 0.5) is 11.5 Å². The molecule has 0 spiro atoms. The highest BCUT2D eigenvalue weighted by atomic mass is 32.2. The second-order valence-corrected chi connectivity index (χ2v) is 7.91. The van der Waals surface area contributed by atoms with Gasteiger partial charge in [-0.3, -0.25) is 4.40 Å². The van der Waals surface area contributed by atoms with Crippen LogP contribution in [-0.4, -0.2) is 29.0 Å². The number of aryl methyl sites for hydroxylation is 1. The summed E-state index contributed by atoms with van der Waals surface area (Å²) in [5.74, 6) is 1.55. The number of nitrogens with one attached hydrogen (secondary N) is 1. The first-order chi connectivity index (χ1) is 11.9. The number of imidazole rings is 1. The van der Waals surface area contributed by atoms with Crippen molar-refractivity contribution in [2.75, 3.05) is 11.6 Å². The highest BCUT2D eigenvalue weighted by Crippen LogP contribution is 2.26. The van der Waals surface area contributed by atoms with Crippen LogP contribution in [0.5, 0.6) is 0 Å². The smallest absolute Gasteiger partial charge is 0.175 e. The molecule has 0 unspecified atom stereocenters. The lowest BCUT2D eigenvalue weighted by Crippen LogP contribution is -2.01. The van der Waals surface area contributed by atoms with Crippen LogP contribution >= 0.6 is 0 Å². The Morgan fingerprint density at radius 3 is 2.44 bits per heavy atom. The number of anilines is 2. The van der Waals surface area contributed by atoms with Crippen LogP contribution in [0.15, 0.2) is 59.6 Å². The fourth-order valence-corrected chi connectivity index (χ4v) is 3.49. The number of hydrogen-bond donors (Lipinski definition) is 1. The van der Waals surface area contributed by atoms with Gasteiger partial charge in [0.1, 0.15) is 11.3 Å². The second kappa shape index (κ2) is 5.56. The van der Waals surface area contributed by atoms with Crippen molar-refractivity contribution in [3.05, 3.63) is 60.6 Å². The normalized spacial score (nSPS) is 11.9. The van der Waals surface area contributed by atoms with Crippen LogP contribution in [0.25, 0.3) is 16.6 Å². The molecule has 2 aromatic heterocycles. The maximum absolute atomic E-state index is 11.6. The Morgan fingerprint density at radius 2 is 1.72 bits per heavy atom. The molecular formula is C18H16N4O2S. The Morgan fingerprint density at radius 1 is 1.00 bits per heavy atom. The van der Waals surface area contributed by atoms with Gasteiger partial charge < -0.3 is 5.32 Å². The second-order valence-electron chi connectivity index (χ2n) is 5.90. The predicted molar refractivity (Wildman–Crippen MR) is 98.1 cm³/mol. The molecule has 2 aromatic carbocycles. The summed E-state index contributed by atoms with van der Waals surface area (Å²) in [6, 6.07) is 14.5. The molecule has 1 N–H and O–H groups in total. The Hall–Kier alpha value is -2.93. The molecule has 25 heavy (non-hydrogen) atoms. The van der Waals surface area contributed by atoms with Crippen LogP contribution in [0.1, 0.15) is 5.82 Å². The maximum Gasteiger partial charge on any atom is 0.175 e. The zero-order chi connectivity index (χ0) is 17.6. The zero-order valence-electron chi connectivity index (χ0n) is 13.8. The molecule has 0 amide bonds. The Bertz CT molecular complexity index is 1200. The van der Waals surface area contributed by atoms with Gasteiger partial charge in [-0.2, -0.15) is 0 Å². The molecule has 0 radical (unpaired) electrons. The molecule has 7 heteroatoms. The minimum absolute atomic E-state index is 0.287. The van der Waals surface area contributed by atoms with Gasteiger partial charge in [-0.05, 0) is 43.3 Å². The number of hydrogen-bond acceptors (Lipinski definition) is 5. The van der Waals surface area contributed by atoms with E-state index >= 15 is 0 Å². The molecule has 0 aliphatic rings. The van der Waals surface area contributed by atoms with E-state index in [2.05, 4.69) is 14.7 Å². The number of aromatic nitrogens is 3. The largest absolute Gasteiger partial charge is 0.338 e. The fraction of sp³-hybridized carbons (Fsp3) is 0.111. The van der Waals surface area contributed by atoms with Crippen LogP contribution in [0, 0.1) is 6.92 Å². The molecule has 0 aliphatic heterocycles. The minimum Gasteiger partial charge on any atom is -0.338 e. The third-order valence-electron chi connectivity index (χ3n) is 4.08. The van der Waals surface area contributed by atoms with Gasteiger partial charge in [-0.25, -0.2) is 18.4 Å². The number of sulfone groups is 1. The first kappa shape index (κ1) is 15.6. The zero-order valence-corrected chi connectivity index (χ0v) is 14.6. The molecular weight excluding hydrogens is 336 g/mol. The van der Waals surface area contributed by atoms with Crippen molar-refractivity contribution in [2.24, 2.45) is 0 Å². The third kappa shape index (κ3) is 2.72. The van der Waals surface area contributed by atoms with Crippen LogP contribution < -0.4 is 5.32 Å². The lowest BCUT2D eigenvalue weighted by molar-refractivity contribution is 0.602. The van der Waals surface area contributed by atoms with E-state index < -0.39 is 9.84 Å². The molecule has 4 rings (SSSR count). The first-order valence-corrected chi connectivity index (χ1v) is 9.62. The van der Waals surface area contributed by atoms with Crippen molar-refractivity contribution in [3.63, 3.8) is 0 Å². The molecule has 0 aliphatic carbocycles. The van der Waals surface area contributed by atoms with Crippen LogP contribution in [0.2, 0.25) is 0 Å². The minimum atomic E-state index is -3.21. The summed E-state index contributed by atoms with van der Waals surface area (Å²) < 4.78 is 25.2. The first-order valence-electron chi connectivity index (χ1n) is 7.73. The maximum atomic E-state index is 11.6. The highest BCUT2D eigenvalue weighted by Gasteiger charge is 2.12. The summed E-state index contributed by atoms with van der Waals surface area (Å²) in [4.78, 5) is 9.38. The van der Waals surface area contributed by atoms with Gasteiger partial charge >= 0.3 is 0 Å². The van der Waals surface area contributed by atoms with Crippen molar-refractivity contribution in [1.29, 1.82) is 0 Å². The van der Waals surface area contributed by atoms with E-state index in [-0.39, 0.29) is 4.90 Å². The van der Waals surface area contributed by atoms with Crippen LogP contribution in [0.3, 0.4) is 0 Å². The summed E-state index contributed by atoms with van der Waals surface area (Å²) in [6.45, 7) is 1.95. The van der Waals surface area contributed by atoms with Crippen molar-refractivity contribution >= 4 is 37.9 Å². The van der Waals surface area contributed by atoms with Crippen molar-refractivity contribution < 1.29 is 8.42 Å². The van der Waals surface area contributed by atoms with Crippen LogP contribution in [-0.2, 0) is 9.84 Å². The average molecular weight is 352 g/mol. The Balaban J connectivity index is 1.83. The van der Waals surface area contributed by atoms with Gasteiger partial charge in [0.15, 0.2) is 15.7 Å². The number of nitrogens with zero attached hydrogens (tertiary/aromatic N) is 3. The summed E-state index contributed by atoms with van der Waals surface area (Å²) in [5, 5.41) is 3.26. The van der Waals surface area contributed by atoms with Crippen molar-refractivity contribution in [1.82, 2.24) is 14.4 Å². The molecule has 0 bridgehead atoms. The molecule has 4 aromatic rings. The standard InChI is InChI=1S/C18H16N4O2S/c1-12-19-11-17-18(21-15-5-3-4-6-16(15)22(12)17)20-13-7-9-14(10-8-13)25(2,23)24/h3-11H,1-2H3,(H,20,21). The summed E-state index contributed by atoms with van der Waals surface area (Å²) in [6.07, 6.45) is 2.97. The summed E-state index contributed by atoms with van der Waals surface area (Å²) >= 11 is 0. The number of fused-ring (bicyclic) bond motifs is 3. The molecule has 6 nitrogen and oxygen atoms in total. The lowest BCUT2D eigenvalue weighted by Gasteiger charge is -2.11. The quantitative estimate of drug-likeness (QED) is 0.612. The lowest BCUT2D eigenvalue weighted by atomic mass is 10.2. The third-order valence-corrected chi connectivity index (χ3v) is 5.21. The number of benzene rings is 2. The molecule has 0 saturated heterocycles. The van der Waals surface area contributed by atoms with E-state index in [1.54, 1.807) is 30.5 Å². The van der Waals surface area contributed by atoms with Crippen molar-refractivity contribution in [3.8, 4) is 0 Å². The summed E-state index contributed by atoms with van der Waals surface area (Å²) in [7, 11) is -3.21. The predicted octanol–water partition coefficient (Wildman–Crippen LogP) is 3.34. The van der Waals surface area contributed by atoms with E-state index in [1.807, 2.05) is 31.2 Å². The van der Waals surface area contributed by atoms with Gasteiger partial charge in [0.25, 0.3) is 0 Å². The summed E-state index contributed by atoms with van der Waals surface area (Å²) in [5.41, 5.74) is 3.47. The monoisotopic (exact) mass is 352 g/mol. The molecule has 0 fully saturated rings. The van der Waals surface area contributed by atoms with E-state index in [0.717, 1.165) is 28.1 Å². The van der Waals surface area contributed by atoms with Gasteiger partial charge in [0.05, 0.1) is 22.1 Å². The average Bonchev–Trinajstić information content (AvgIpc) is 2.97. The van der Waals surface area contributed by atoms with Crippen molar-refractivity contribution in [2.45, 2.75) is 11.8 Å². The fourth-order valence-electron chi connectivity index (χ4n) is 2.86. The molecule has 2 heterocycles. The SMILES string of the molecule is Cc1ncc2c(Nc3ccc(S(C)(=O)=O)cc3)nc3ccccc3n12. The Kier molecular flexibility index (Phi) is 3.47. The van der Waals surface area contributed by atoms with Gasteiger partial charge in [-0.1, -0.05) is 12.1 Å². The molecule has 126 valence electrons. The highest BCUT2D eigenvalue weighted by molar-refractivity contribution is 7.90. The Labute approximate surface area is 145 Å². The van der Waals surface area contributed by atoms with Gasteiger partial charge in [0.2, 0.25) is 0 Å². The van der Waals surface area contributed by atoms with E-state index in [9.17, 15) is 8.42 Å². The number of para-hydroxylation sites is 2. The molecule has 0 saturated carbocycles. The van der Waals surface area contributed by atoms with Gasteiger partial charge in [0, 0.05) is 11.9 Å². The van der Waals surface area contributed by atoms with E-state index in [1.165, 1.54) is 6.26 Å². The number of rotatable bonds is 3. The van der Waals surface area contributed by atoms with E-state index in [0.29, 0.717) is 5.82 Å².